The molecule has 0 bridgehead atoms. The first-order valence-corrected chi connectivity index (χ1v) is 9.41. The van der Waals surface area contributed by atoms with Crippen LogP contribution in [0.4, 0.5) is 0 Å². The normalized spacial score (nSPS) is 30.9. The van der Waals surface area contributed by atoms with Gasteiger partial charge in [0.25, 0.3) is 0 Å². The molecule has 2 aliphatic rings. The van der Waals surface area contributed by atoms with E-state index in [2.05, 4.69) is 35.1 Å². The van der Waals surface area contributed by atoms with Crippen LogP contribution < -0.4 is 5.32 Å². The van der Waals surface area contributed by atoms with Crippen molar-refractivity contribution in [3.63, 3.8) is 0 Å². The zero-order valence-corrected chi connectivity index (χ0v) is 14.0. The lowest BCUT2D eigenvalue weighted by Gasteiger charge is -2.37. The molecule has 0 aliphatic carbocycles. The van der Waals surface area contributed by atoms with Crippen LogP contribution in [0.2, 0.25) is 0 Å². The number of aromatic nitrogens is 2. The number of rotatable bonds is 5. The molecular weight excluding hydrogens is 282 g/mol. The predicted molar refractivity (Wildman–Crippen MR) is 87.8 cm³/mol. The zero-order chi connectivity index (χ0) is 14.7. The SMILES string of the molecule is CCNC(CC)c1cnn(C2CCOC3(CCSC3)C2)c1. The molecule has 3 heterocycles. The molecule has 1 aromatic rings. The maximum absolute atomic E-state index is 6.12. The second-order valence-corrected chi connectivity index (χ2v) is 7.36. The quantitative estimate of drug-likeness (QED) is 0.907. The second kappa shape index (κ2) is 6.71. The van der Waals surface area contributed by atoms with E-state index in [1.165, 1.54) is 17.7 Å². The first-order chi connectivity index (χ1) is 10.3. The number of thioether (sulfide) groups is 1. The van der Waals surface area contributed by atoms with Crippen molar-refractivity contribution in [1.29, 1.82) is 0 Å². The molecule has 118 valence electrons. The van der Waals surface area contributed by atoms with Crippen LogP contribution in [0, 0.1) is 0 Å². The van der Waals surface area contributed by atoms with E-state index in [1.807, 2.05) is 18.0 Å². The molecular formula is C16H27N3OS. The maximum Gasteiger partial charge on any atom is 0.0800 e. The Balaban J connectivity index is 1.70. The van der Waals surface area contributed by atoms with E-state index >= 15 is 0 Å². The van der Waals surface area contributed by atoms with Gasteiger partial charge in [-0.2, -0.15) is 16.9 Å². The lowest BCUT2D eigenvalue weighted by atomic mass is 9.90. The number of ether oxygens (including phenoxy) is 1. The first-order valence-electron chi connectivity index (χ1n) is 8.25. The van der Waals surface area contributed by atoms with Gasteiger partial charge in [0.15, 0.2) is 0 Å². The van der Waals surface area contributed by atoms with Crippen molar-refractivity contribution in [2.45, 2.75) is 57.2 Å². The third kappa shape index (κ3) is 3.30. The second-order valence-electron chi connectivity index (χ2n) is 6.25. The van der Waals surface area contributed by atoms with Crippen molar-refractivity contribution in [2.75, 3.05) is 24.7 Å². The Hall–Kier alpha value is -0.520. The number of hydrogen-bond donors (Lipinski definition) is 1. The van der Waals surface area contributed by atoms with Crippen molar-refractivity contribution in [3.8, 4) is 0 Å². The molecule has 3 rings (SSSR count). The largest absolute Gasteiger partial charge is 0.374 e. The summed E-state index contributed by atoms with van der Waals surface area (Å²) in [5, 5.41) is 8.19. The minimum Gasteiger partial charge on any atom is -0.374 e. The minimum atomic E-state index is 0.130. The standard InChI is InChI=1S/C16H27N3OS/c1-3-15(17-4-2)13-10-18-19(11-13)14-5-7-20-16(9-14)6-8-21-12-16/h10-11,14-15,17H,3-9,12H2,1-2H3. The molecule has 1 aromatic heterocycles. The third-order valence-electron chi connectivity index (χ3n) is 4.79. The van der Waals surface area contributed by atoms with Gasteiger partial charge in [0.05, 0.1) is 17.8 Å². The van der Waals surface area contributed by atoms with E-state index in [4.69, 9.17) is 4.74 Å². The van der Waals surface area contributed by atoms with Gasteiger partial charge in [-0.05, 0) is 38.0 Å². The van der Waals surface area contributed by atoms with Gasteiger partial charge >= 0.3 is 0 Å². The van der Waals surface area contributed by atoms with Gasteiger partial charge in [-0.3, -0.25) is 4.68 Å². The molecule has 0 amide bonds. The Labute approximate surface area is 132 Å². The molecule has 21 heavy (non-hydrogen) atoms. The molecule has 0 aromatic carbocycles. The average molecular weight is 309 g/mol. The molecule has 0 saturated carbocycles. The molecule has 2 fully saturated rings. The number of nitrogens with zero attached hydrogens (tertiary/aromatic N) is 2. The molecule has 3 atom stereocenters. The average Bonchev–Trinajstić information content (AvgIpc) is 3.15. The summed E-state index contributed by atoms with van der Waals surface area (Å²) in [6.45, 7) is 6.27. The maximum atomic E-state index is 6.12. The Bertz CT molecular complexity index is 456. The van der Waals surface area contributed by atoms with Crippen LogP contribution >= 0.6 is 11.8 Å². The fourth-order valence-electron chi connectivity index (χ4n) is 3.57. The van der Waals surface area contributed by atoms with Crippen LogP contribution in [0.5, 0.6) is 0 Å². The lowest BCUT2D eigenvalue weighted by Crippen LogP contribution is -2.40. The summed E-state index contributed by atoms with van der Waals surface area (Å²) in [7, 11) is 0. The van der Waals surface area contributed by atoms with Crippen LogP contribution in [-0.4, -0.2) is 40.0 Å². The first kappa shape index (κ1) is 15.4. The van der Waals surface area contributed by atoms with E-state index < -0.39 is 0 Å². The smallest absolute Gasteiger partial charge is 0.0800 e. The molecule has 1 spiro atoms. The Morgan fingerprint density at radius 3 is 3.19 bits per heavy atom. The highest BCUT2D eigenvalue weighted by Crippen LogP contribution is 2.41. The Kier molecular flexibility index (Phi) is 4.92. The lowest BCUT2D eigenvalue weighted by molar-refractivity contribution is -0.0778. The third-order valence-corrected chi connectivity index (χ3v) is 6.01. The highest BCUT2D eigenvalue weighted by atomic mass is 32.2. The summed E-state index contributed by atoms with van der Waals surface area (Å²) in [6, 6.07) is 0.935. The summed E-state index contributed by atoms with van der Waals surface area (Å²) in [5.74, 6) is 2.40. The van der Waals surface area contributed by atoms with Crippen molar-refractivity contribution in [3.05, 3.63) is 18.0 Å². The van der Waals surface area contributed by atoms with Gasteiger partial charge in [0.1, 0.15) is 0 Å². The van der Waals surface area contributed by atoms with Crippen LogP contribution in [0.25, 0.3) is 0 Å². The van der Waals surface area contributed by atoms with Gasteiger partial charge in [-0.1, -0.05) is 13.8 Å². The molecule has 2 saturated heterocycles. The van der Waals surface area contributed by atoms with Gasteiger partial charge in [0.2, 0.25) is 0 Å². The minimum absolute atomic E-state index is 0.130. The van der Waals surface area contributed by atoms with Gasteiger partial charge in [0, 0.05) is 30.2 Å². The molecule has 3 unspecified atom stereocenters. The van der Waals surface area contributed by atoms with Gasteiger partial charge in [-0.25, -0.2) is 0 Å². The van der Waals surface area contributed by atoms with E-state index in [0.29, 0.717) is 12.1 Å². The van der Waals surface area contributed by atoms with E-state index in [9.17, 15) is 0 Å². The van der Waals surface area contributed by atoms with Crippen LogP contribution in [-0.2, 0) is 4.74 Å². The monoisotopic (exact) mass is 309 g/mol. The van der Waals surface area contributed by atoms with Crippen molar-refractivity contribution in [1.82, 2.24) is 15.1 Å². The van der Waals surface area contributed by atoms with Crippen molar-refractivity contribution < 1.29 is 4.74 Å². The zero-order valence-electron chi connectivity index (χ0n) is 13.2. The summed E-state index contributed by atoms with van der Waals surface area (Å²) in [5.41, 5.74) is 1.45. The highest BCUT2D eigenvalue weighted by molar-refractivity contribution is 7.99. The van der Waals surface area contributed by atoms with E-state index in [1.54, 1.807) is 0 Å². The Morgan fingerprint density at radius 1 is 1.57 bits per heavy atom. The van der Waals surface area contributed by atoms with Crippen LogP contribution in [0.1, 0.15) is 57.2 Å². The molecule has 0 radical (unpaired) electrons. The summed E-state index contributed by atoms with van der Waals surface area (Å²) in [4.78, 5) is 0. The van der Waals surface area contributed by atoms with E-state index in [0.717, 1.165) is 38.2 Å². The summed E-state index contributed by atoms with van der Waals surface area (Å²) >= 11 is 2.03. The fraction of sp³-hybridized carbons (Fsp3) is 0.812. The number of hydrogen-bond acceptors (Lipinski definition) is 4. The number of nitrogens with one attached hydrogen (secondary N) is 1. The van der Waals surface area contributed by atoms with E-state index in [-0.39, 0.29) is 5.60 Å². The molecule has 4 nitrogen and oxygen atoms in total. The fourth-order valence-corrected chi connectivity index (χ4v) is 4.95. The van der Waals surface area contributed by atoms with Gasteiger partial charge in [-0.15, -0.1) is 0 Å². The van der Waals surface area contributed by atoms with Gasteiger partial charge < -0.3 is 10.1 Å². The predicted octanol–water partition coefficient (Wildman–Crippen LogP) is 3.17. The molecule has 1 N–H and O–H groups in total. The topological polar surface area (TPSA) is 39.1 Å². The summed E-state index contributed by atoms with van der Waals surface area (Å²) in [6.07, 6.45) is 8.82. The summed E-state index contributed by atoms with van der Waals surface area (Å²) < 4.78 is 8.31. The highest BCUT2D eigenvalue weighted by Gasteiger charge is 2.41. The van der Waals surface area contributed by atoms with Crippen molar-refractivity contribution in [2.24, 2.45) is 0 Å². The Morgan fingerprint density at radius 2 is 2.48 bits per heavy atom. The van der Waals surface area contributed by atoms with Crippen molar-refractivity contribution >= 4 is 11.8 Å². The van der Waals surface area contributed by atoms with Crippen LogP contribution in [0.15, 0.2) is 12.4 Å². The molecule has 2 aliphatic heterocycles. The molecule has 5 heteroatoms. The van der Waals surface area contributed by atoms with Crippen LogP contribution in [0.3, 0.4) is 0 Å².